The average Bonchev–Trinajstić information content (AvgIpc) is 3.00. The Bertz CT molecular complexity index is 443. The number of aliphatic imine (C=N–C) groups is 1. The van der Waals surface area contributed by atoms with Gasteiger partial charge in [0.25, 0.3) is 0 Å². The predicted octanol–water partition coefficient (Wildman–Crippen LogP) is 2.72. The van der Waals surface area contributed by atoms with Gasteiger partial charge in [0.2, 0.25) is 6.08 Å². The van der Waals surface area contributed by atoms with Crippen molar-refractivity contribution < 1.29 is 9.53 Å². The van der Waals surface area contributed by atoms with E-state index in [4.69, 9.17) is 4.74 Å². The van der Waals surface area contributed by atoms with Crippen LogP contribution >= 0.6 is 0 Å². The van der Waals surface area contributed by atoms with Crippen molar-refractivity contribution in [2.45, 2.75) is 32.2 Å². The van der Waals surface area contributed by atoms with Crippen LogP contribution in [0.3, 0.4) is 0 Å². The molecule has 0 amide bonds. The third kappa shape index (κ3) is 1.86. The van der Waals surface area contributed by atoms with Crippen LogP contribution in [0.15, 0.2) is 23.2 Å². The van der Waals surface area contributed by atoms with E-state index in [-0.39, 0.29) is 5.54 Å². The maximum absolute atomic E-state index is 10.4. The average molecular weight is 217 g/mol. The number of benzene rings is 1. The second kappa shape index (κ2) is 4.11. The van der Waals surface area contributed by atoms with Gasteiger partial charge in [-0.05, 0) is 49.9 Å². The molecule has 1 saturated carbocycles. The van der Waals surface area contributed by atoms with E-state index < -0.39 is 0 Å². The van der Waals surface area contributed by atoms with E-state index in [1.165, 1.54) is 0 Å². The molecule has 0 aliphatic heterocycles. The molecule has 3 nitrogen and oxygen atoms in total. The molecule has 0 N–H and O–H groups in total. The van der Waals surface area contributed by atoms with Gasteiger partial charge in [-0.25, -0.2) is 4.79 Å². The second-order valence-corrected chi connectivity index (χ2v) is 4.14. The summed E-state index contributed by atoms with van der Waals surface area (Å²) in [7, 11) is 0. The molecule has 1 aromatic rings. The Morgan fingerprint density at radius 1 is 1.50 bits per heavy atom. The van der Waals surface area contributed by atoms with Crippen LogP contribution in [0.4, 0.5) is 0 Å². The van der Waals surface area contributed by atoms with Crippen LogP contribution in [-0.4, -0.2) is 12.7 Å². The number of hydrogen-bond acceptors (Lipinski definition) is 3. The summed E-state index contributed by atoms with van der Waals surface area (Å²) in [5, 5.41) is 0. The largest absolute Gasteiger partial charge is 0.494 e. The van der Waals surface area contributed by atoms with Crippen molar-refractivity contribution in [1.82, 2.24) is 0 Å². The molecule has 16 heavy (non-hydrogen) atoms. The first-order chi connectivity index (χ1) is 7.72. The summed E-state index contributed by atoms with van der Waals surface area (Å²) in [5.74, 6) is 0.870. The fourth-order valence-electron chi connectivity index (χ4n) is 2.06. The van der Waals surface area contributed by atoms with Crippen LogP contribution in [0.2, 0.25) is 0 Å². The fourth-order valence-corrected chi connectivity index (χ4v) is 2.06. The lowest BCUT2D eigenvalue weighted by molar-refractivity contribution is 0.340. The highest BCUT2D eigenvalue weighted by Crippen LogP contribution is 2.50. The summed E-state index contributed by atoms with van der Waals surface area (Å²) >= 11 is 0. The van der Waals surface area contributed by atoms with Gasteiger partial charge < -0.3 is 4.74 Å². The van der Waals surface area contributed by atoms with Crippen molar-refractivity contribution in [1.29, 1.82) is 0 Å². The van der Waals surface area contributed by atoms with Crippen molar-refractivity contribution in [2.24, 2.45) is 4.99 Å². The minimum Gasteiger partial charge on any atom is -0.494 e. The molecule has 0 unspecified atom stereocenters. The van der Waals surface area contributed by atoms with E-state index in [9.17, 15) is 4.79 Å². The van der Waals surface area contributed by atoms with E-state index in [0.29, 0.717) is 6.61 Å². The van der Waals surface area contributed by atoms with Crippen molar-refractivity contribution >= 4 is 6.08 Å². The van der Waals surface area contributed by atoms with E-state index in [0.717, 1.165) is 29.7 Å². The van der Waals surface area contributed by atoms with Crippen LogP contribution in [0.5, 0.6) is 5.75 Å². The maximum Gasteiger partial charge on any atom is 0.235 e. The van der Waals surface area contributed by atoms with Gasteiger partial charge >= 0.3 is 0 Å². The molecule has 0 bridgehead atoms. The molecule has 2 rings (SSSR count). The summed E-state index contributed by atoms with van der Waals surface area (Å²) in [6.45, 7) is 4.65. The second-order valence-electron chi connectivity index (χ2n) is 4.14. The van der Waals surface area contributed by atoms with Crippen molar-refractivity contribution in [3.8, 4) is 5.75 Å². The molecule has 1 aliphatic rings. The highest BCUT2D eigenvalue weighted by Gasteiger charge is 2.45. The number of aryl methyl sites for hydroxylation is 1. The number of ether oxygens (including phenoxy) is 1. The first-order valence-electron chi connectivity index (χ1n) is 5.55. The lowest BCUT2D eigenvalue weighted by atomic mass is 9.99. The molecule has 1 fully saturated rings. The molecular formula is C13H15NO2. The molecule has 3 heteroatoms. The molecule has 1 aromatic carbocycles. The van der Waals surface area contributed by atoms with Gasteiger partial charge in [-0.2, -0.15) is 4.99 Å². The van der Waals surface area contributed by atoms with E-state index >= 15 is 0 Å². The summed E-state index contributed by atoms with van der Waals surface area (Å²) < 4.78 is 5.43. The summed E-state index contributed by atoms with van der Waals surface area (Å²) in [6.07, 6.45) is 3.56. The minimum atomic E-state index is -0.281. The van der Waals surface area contributed by atoms with Crippen LogP contribution < -0.4 is 4.74 Å². The summed E-state index contributed by atoms with van der Waals surface area (Å²) in [5.41, 5.74) is 1.97. The van der Waals surface area contributed by atoms with E-state index in [1.807, 2.05) is 32.0 Å². The first-order valence-corrected chi connectivity index (χ1v) is 5.55. The Kier molecular flexibility index (Phi) is 2.80. The third-order valence-corrected chi connectivity index (χ3v) is 2.99. The topological polar surface area (TPSA) is 38.7 Å². The third-order valence-electron chi connectivity index (χ3n) is 2.99. The van der Waals surface area contributed by atoms with Crippen LogP contribution in [0.25, 0.3) is 0 Å². The van der Waals surface area contributed by atoms with Gasteiger partial charge in [-0.15, -0.1) is 0 Å². The van der Waals surface area contributed by atoms with E-state index in [2.05, 4.69) is 4.99 Å². The molecule has 1 aliphatic carbocycles. The number of carbonyl (C=O) groups excluding carboxylic acids is 1. The quantitative estimate of drug-likeness (QED) is 0.574. The fraction of sp³-hybridized carbons (Fsp3) is 0.462. The molecule has 0 saturated heterocycles. The first kappa shape index (κ1) is 10.9. The summed E-state index contributed by atoms with van der Waals surface area (Å²) in [4.78, 5) is 14.3. The predicted molar refractivity (Wildman–Crippen MR) is 61.4 cm³/mol. The van der Waals surface area contributed by atoms with Gasteiger partial charge in [0.1, 0.15) is 5.75 Å². The zero-order valence-electron chi connectivity index (χ0n) is 9.62. The Balaban J connectivity index is 2.33. The van der Waals surface area contributed by atoms with Crippen LogP contribution in [0.1, 0.15) is 30.9 Å². The van der Waals surface area contributed by atoms with Gasteiger partial charge in [0.15, 0.2) is 0 Å². The Hall–Kier alpha value is -1.60. The van der Waals surface area contributed by atoms with Crippen molar-refractivity contribution in [3.63, 3.8) is 0 Å². The number of rotatable bonds is 4. The molecule has 0 spiro atoms. The molecule has 0 aromatic heterocycles. The molecule has 0 radical (unpaired) electrons. The van der Waals surface area contributed by atoms with Gasteiger partial charge in [-0.1, -0.05) is 6.07 Å². The van der Waals surface area contributed by atoms with Crippen LogP contribution in [-0.2, 0) is 10.3 Å². The van der Waals surface area contributed by atoms with Gasteiger partial charge in [-0.3, -0.25) is 0 Å². The molecular weight excluding hydrogens is 202 g/mol. The standard InChI is InChI=1S/C13H15NO2/c1-3-16-11-4-5-12(10(2)8-11)13(6-7-13)14-9-15/h4-5,8H,3,6-7H2,1-2H3. The van der Waals surface area contributed by atoms with Crippen molar-refractivity contribution in [3.05, 3.63) is 29.3 Å². The summed E-state index contributed by atoms with van der Waals surface area (Å²) in [6, 6.07) is 5.94. The molecule has 0 heterocycles. The Morgan fingerprint density at radius 2 is 2.25 bits per heavy atom. The zero-order valence-corrected chi connectivity index (χ0v) is 9.62. The normalized spacial score (nSPS) is 16.4. The minimum absolute atomic E-state index is 0.281. The Labute approximate surface area is 95.2 Å². The van der Waals surface area contributed by atoms with Crippen molar-refractivity contribution in [2.75, 3.05) is 6.61 Å². The zero-order chi connectivity index (χ0) is 11.6. The van der Waals surface area contributed by atoms with E-state index in [1.54, 1.807) is 6.08 Å². The molecule has 84 valence electrons. The monoisotopic (exact) mass is 217 g/mol. The number of nitrogens with zero attached hydrogens (tertiary/aromatic N) is 1. The SMILES string of the molecule is CCOc1ccc(C2(N=C=O)CC2)c(C)c1. The number of isocyanates is 1. The lowest BCUT2D eigenvalue weighted by Gasteiger charge is -2.13. The van der Waals surface area contributed by atoms with Crippen LogP contribution in [0, 0.1) is 6.92 Å². The maximum atomic E-state index is 10.4. The molecule has 0 atom stereocenters. The smallest absolute Gasteiger partial charge is 0.235 e. The highest BCUT2D eigenvalue weighted by atomic mass is 16.5. The lowest BCUT2D eigenvalue weighted by Crippen LogP contribution is -2.05. The highest BCUT2D eigenvalue weighted by molar-refractivity contribution is 5.46. The van der Waals surface area contributed by atoms with Gasteiger partial charge in [0.05, 0.1) is 12.1 Å². The van der Waals surface area contributed by atoms with Gasteiger partial charge in [0, 0.05) is 0 Å². The number of hydrogen-bond donors (Lipinski definition) is 0. The Morgan fingerprint density at radius 3 is 2.75 bits per heavy atom.